The van der Waals surface area contributed by atoms with Crippen molar-refractivity contribution in [2.75, 3.05) is 5.73 Å². The van der Waals surface area contributed by atoms with Crippen LogP contribution in [0.25, 0.3) is 33.3 Å². The molecule has 4 aromatic rings. The summed E-state index contributed by atoms with van der Waals surface area (Å²) in [5.41, 5.74) is 12.4. The molecule has 4 rings (SSSR count). The van der Waals surface area contributed by atoms with Gasteiger partial charge in [-0.1, -0.05) is 6.07 Å². The third kappa shape index (κ3) is 2.72. The number of rotatable bonds is 2. The Bertz CT molecular complexity index is 1070. The molecule has 122 valence electrons. The summed E-state index contributed by atoms with van der Waals surface area (Å²) in [6, 6.07) is 16.1. The van der Waals surface area contributed by atoms with Gasteiger partial charge in [0, 0.05) is 34.6 Å². The summed E-state index contributed by atoms with van der Waals surface area (Å²) in [4.78, 5) is 8.90. The highest BCUT2D eigenvalue weighted by molar-refractivity contribution is 5.94. The monoisotopic (exact) mass is 329 g/mol. The molecule has 0 aliphatic heterocycles. The van der Waals surface area contributed by atoms with Gasteiger partial charge in [0.25, 0.3) is 0 Å². The van der Waals surface area contributed by atoms with Gasteiger partial charge in [-0.25, -0.2) is 4.39 Å². The van der Waals surface area contributed by atoms with E-state index in [1.807, 2.05) is 18.2 Å². The van der Waals surface area contributed by atoms with Crippen LogP contribution >= 0.6 is 0 Å². The molecule has 2 heterocycles. The summed E-state index contributed by atoms with van der Waals surface area (Å²) in [5, 5.41) is 1.08. The summed E-state index contributed by atoms with van der Waals surface area (Å²) < 4.78 is 13.3. The minimum atomic E-state index is -0.276. The van der Waals surface area contributed by atoms with Crippen molar-refractivity contribution in [1.29, 1.82) is 0 Å². The number of hydrogen-bond donors (Lipinski definition) is 1. The zero-order valence-electron chi connectivity index (χ0n) is 13.7. The van der Waals surface area contributed by atoms with E-state index in [1.54, 1.807) is 30.6 Å². The molecule has 0 spiro atoms. The van der Waals surface area contributed by atoms with Crippen molar-refractivity contribution in [3.05, 3.63) is 78.4 Å². The van der Waals surface area contributed by atoms with E-state index in [0.717, 1.165) is 38.9 Å². The van der Waals surface area contributed by atoms with Crippen LogP contribution in [0.4, 0.5) is 10.1 Å². The topological polar surface area (TPSA) is 51.8 Å². The average molecular weight is 329 g/mol. The van der Waals surface area contributed by atoms with Crippen LogP contribution < -0.4 is 5.73 Å². The predicted octanol–water partition coefficient (Wildman–Crippen LogP) is 4.99. The van der Waals surface area contributed by atoms with E-state index < -0.39 is 0 Å². The van der Waals surface area contributed by atoms with Crippen LogP contribution in [0.2, 0.25) is 0 Å². The van der Waals surface area contributed by atoms with E-state index >= 15 is 0 Å². The lowest BCUT2D eigenvalue weighted by Gasteiger charge is -2.13. The van der Waals surface area contributed by atoms with Crippen LogP contribution in [0.15, 0.2) is 67.0 Å². The Morgan fingerprint density at radius 2 is 1.56 bits per heavy atom. The number of benzene rings is 2. The molecular formula is C21H16FN3. The molecule has 4 heteroatoms. The Labute approximate surface area is 145 Å². The van der Waals surface area contributed by atoms with Gasteiger partial charge >= 0.3 is 0 Å². The molecule has 3 nitrogen and oxygen atoms in total. The summed E-state index contributed by atoms with van der Waals surface area (Å²) in [6.45, 7) is 2.06. The molecule has 2 aromatic heterocycles. The zero-order valence-corrected chi connectivity index (χ0v) is 13.7. The normalized spacial score (nSPS) is 11.0. The van der Waals surface area contributed by atoms with Gasteiger partial charge in [-0.2, -0.15) is 0 Å². The van der Waals surface area contributed by atoms with Crippen molar-refractivity contribution in [3.8, 4) is 22.4 Å². The molecule has 25 heavy (non-hydrogen) atoms. The van der Waals surface area contributed by atoms with Gasteiger partial charge in [0.05, 0.1) is 11.2 Å². The lowest BCUT2D eigenvalue weighted by Crippen LogP contribution is -1.96. The van der Waals surface area contributed by atoms with E-state index in [0.29, 0.717) is 5.69 Å². The number of aromatic nitrogens is 2. The molecular weight excluding hydrogens is 313 g/mol. The molecule has 0 saturated heterocycles. The smallest absolute Gasteiger partial charge is 0.123 e. The third-order valence-corrected chi connectivity index (χ3v) is 4.35. The second kappa shape index (κ2) is 5.98. The highest BCUT2D eigenvalue weighted by Crippen LogP contribution is 2.36. The molecule has 0 radical (unpaired) electrons. The molecule has 0 bridgehead atoms. The summed E-state index contributed by atoms with van der Waals surface area (Å²) in [5.74, 6) is -0.276. The van der Waals surface area contributed by atoms with Crippen LogP contribution in [0.1, 0.15) is 5.56 Å². The maximum atomic E-state index is 13.3. The van der Waals surface area contributed by atoms with Crippen molar-refractivity contribution in [1.82, 2.24) is 9.97 Å². The van der Waals surface area contributed by atoms with Crippen molar-refractivity contribution in [2.24, 2.45) is 0 Å². The molecule has 0 fully saturated rings. The zero-order chi connectivity index (χ0) is 17.4. The van der Waals surface area contributed by atoms with E-state index in [9.17, 15) is 4.39 Å². The van der Waals surface area contributed by atoms with Gasteiger partial charge in [0.2, 0.25) is 0 Å². The van der Waals surface area contributed by atoms with Gasteiger partial charge in [0.1, 0.15) is 5.82 Å². The average Bonchev–Trinajstić information content (AvgIpc) is 2.62. The Balaban J connectivity index is 1.96. The number of fused-ring (bicyclic) bond motifs is 1. The van der Waals surface area contributed by atoms with E-state index in [1.165, 1.54) is 12.1 Å². The summed E-state index contributed by atoms with van der Waals surface area (Å²) in [6.07, 6.45) is 3.48. The molecule has 2 aromatic carbocycles. The molecule has 0 aliphatic rings. The number of nitrogens with two attached hydrogens (primary N) is 1. The molecule has 0 unspecified atom stereocenters. The Morgan fingerprint density at radius 1 is 0.840 bits per heavy atom. The number of nitrogen functional groups attached to an aromatic ring is 1. The van der Waals surface area contributed by atoms with E-state index in [2.05, 4.69) is 23.0 Å². The Kier molecular flexibility index (Phi) is 3.65. The molecule has 2 N–H and O–H groups in total. The van der Waals surface area contributed by atoms with Crippen LogP contribution in [0, 0.1) is 12.7 Å². The largest absolute Gasteiger partial charge is 0.398 e. The van der Waals surface area contributed by atoms with Crippen molar-refractivity contribution >= 4 is 16.6 Å². The molecule has 0 saturated carbocycles. The Hall–Kier alpha value is -3.27. The summed E-state index contributed by atoms with van der Waals surface area (Å²) >= 11 is 0. The first-order valence-electron chi connectivity index (χ1n) is 7.99. The fourth-order valence-electron chi connectivity index (χ4n) is 3.05. The minimum Gasteiger partial charge on any atom is -0.398 e. The molecule has 0 atom stereocenters. The number of hydrogen-bond acceptors (Lipinski definition) is 3. The van der Waals surface area contributed by atoms with E-state index in [4.69, 9.17) is 5.73 Å². The first-order valence-corrected chi connectivity index (χ1v) is 7.99. The first kappa shape index (κ1) is 15.3. The fourth-order valence-corrected chi connectivity index (χ4v) is 3.05. The number of nitrogens with zero attached hydrogens (tertiary/aromatic N) is 2. The number of halogens is 1. The standard InChI is InChI=1S/C21H16FN3/c1-13-8-10-24-19-7-4-15(12-17(13)19)20-18(23)9-11-25-21(20)14-2-5-16(22)6-3-14/h2-12H,1H3,(H2,23,25). The van der Waals surface area contributed by atoms with Crippen molar-refractivity contribution in [3.63, 3.8) is 0 Å². The molecule has 0 aliphatic carbocycles. The predicted molar refractivity (Wildman–Crippen MR) is 99.5 cm³/mol. The van der Waals surface area contributed by atoms with Gasteiger partial charge in [-0.3, -0.25) is 9.97 Å². The van der Waals surface area contributed by atoms with Crippen molar-refractivity contribution < 1.29 is 4.39 Å². The SMILES string of the molecule is Cc1ccnc2ccc(-c3c(N)ccnc3-c3ccc(F)cc3)cc12. The molecule has 0 amide bonds. The van der Waals surface area contributed by atoms with Crippen LogP contribution in [-0.2, 0) is 0 Å². The summed E-state index contributed by atoms with van der Waals surface area (Å²) in [7, 11) is 0. The number of aryl methyl sites for hydroxylation is 1. The maximum Gasteiger partial charge on any atom is 0.123 e. The van der Waals surface area contributed by atoms with E-state index in [-0.39, 0.29) is 5.82 Å². The lowest BCUT2D eigenvalue weighted by molar-refractivity contribution is 0.628. The highest BCUT2D eigenvalue weighted by atomic mass is 19.1. The van der Waals surface area contributed by atoms with Crippen LogP contribution in [-0.4, -0.2) is 9.97 Å². The quantitative estimate of drug-likeness (QED) is 0.563. The van der Waals surface area contributed by atoms with Crippen LogP contribution in [0.3, 0.4) is 0 Å². The lowest BCUT2D eigenvalue weighted by atomic mass is 9.96. The number of pyridine rings is 2. The van der Waals surface area contributed by atoms with Crippen molar-refractivity contribution in [2.45, 2.75) is 6.92 Å². The minimum absolute atomic E-state index is 0.276. The second-order valence-electron chi connectivity index (χ2n) is 5.99. The van der Waals surface area contributed by atoms with Gasteiger partial charge in [-0.15, -0.1) is 0 Å². The van der Waals surface area contributed by atoms with Crippen LogP contribution in [0.5, 0.6) is 0 Å². The van der Waals surface area contributed by atoms with Gasteiger partial charge < -0.3 is 5.73 Å². The maximum absolute atomic E-state index is 13.3. The Morgan fingerprint density at radius 3 is 2.36 bits per heavy atom. The second-order valence-corrected chi connectivity index (χ2v) is 5.99. The third-order valence-electron chi connectivity index (χ3n) is 4.35. The van der Waals surface area contributed by atoms with Gasteiger partial charge in [-0.05, 0) is 66.6 Å². The number of anilines is 1. The first-order chi connectivity index (χ1) is 12.1. The fraction of sp³-hybridized carbons (Fsp3) is 0.0476. The highest BCUT2D eigenvalue weighted by Gasteiger charge is 2.13. The van der Waals surface area contributed by atoms with Gasteiger partial charge in [0.15, 0.2) is 0 Å².